The van der Waals surface area contributed by atoms with Crippen molar-refractivity contribution in [3.05, 3.63) is 11.1 Å². The van der Waals surface area contributed by atoms with Crippen LogP contribution in [0.25, 0.3) is 0 Å². The van der Waals surface area contributed by atoms with Crippen molar-refractivity contribution >= 4 is 40.7 Å². The van der Waals surface area contributed by atoms with Gasteiger partial charge in [0.1, 0.15) is 17.7 Å². The van der Waals surface area contributed by atoms with Crippen LogP contribution in [0.2, 0.25) is 0 Å². The maximum atomic E-state index is 12.1. The molecule has 1 rings (SSSR count). The van der Waals surface area contributed by atoms with E-state index in [1.54, 1.807) is 27.7 Å². The summed E-state index contributed by atoms with van der Waals surface area (Å²) < 4.78 is 5.09. The Hall–Kier alpha value is -2.69. The van der Waals surface area contributed by atoms with E-state index >= 15 is 0 Å². The zero-order valence-electron chi connectivity index (χ0n) is 17.3. The number of nitrogens with zero attached hydrogens (tertiary/aromatic N) is 1. The summed E-state index contributed by atoms with van der Waals surface area (Å²) in [6.07, 6.45) is 2.16. The van der Waals surface area contributed by atoms with E-state index in [9.17, 15) is 19.2 Å². The predicted molar refractivity (Wildman–Crippen MR) is 110 cm³/mol. The Labute approximate surface area is 174 Å². The molecule has 3 amide bonds. The largest absolute Gasteiger partial charge is 0.444 e. The predicted octanol–water partition coefficient (Wildman–Crippen LogP) is 1.29. The summed E-state index contributed by atoms with van der Waals surface area (Å²) in [5, 5.41) is 11.4. The monoisotopic (exact) mass is 427 g/mol. The van der Waals surface area contributed by atoms with Crippen molar-refractivity contribution < 1.29 is 23.9 Å². The van der Waals surface area contributed by atoms with Gasteiger partial charge in [-0.3, -0.25) is 14.4 Å². The zero-order valence-corrected chi connectivity index (χ0v) is 18.1. The Balaban J connectivity index is 2.25. The van der Waals surface area contributed by atoms with Gasteiger partial charge in [-0.1, -0.05) is 11.3 Å². The molecule has 11 heteroatoms. The van der Waals surface area contributed by atoms with Gasteiger partial charge in [0.2, 0.25) is 11.8 Å². The van der Waals surface area contributed by atoms with E-state index in [1.165, 1.54) is 24.5 Å². The van der Waals surface area contributed by atoms with E-state index in [-0.39, 0.29) is 5.91 Å². The van der Waals surface area contributed by atoms with Crippen LogP contribution in [-0.4, -0.2) is 60.0 Å². The summed E-state index contributed by atoms with van der Waals surface area (Å²) >= 11 is 1.25. The number of alkyl carbamates (subject to hydrolysis) is 1. The first-order valence-corrected chi connectivity index (χ1v) is 10.1. The van der Waals surface area contributed by atoms with Crippen molar-refractivity contribution in [3.63, 3.8) is 0 Å². The normalized spacial score (nSPS) is 13.0. The van der Waals surface area contributed by atoms with Crippen molar-refractivity contribution in [2.75, 3.05) is 18.4 Å². The molecule has 0 aliphatic rings. The van der Waals surface area contributed by atoms with Crippen molar-refractivity contribution in [1.29, 1.82) is 0 Å². The summed E-state index contributed by atoms with van der Waals surface area (Å²) in [6, 6.07) is -1.61. The fourth-order valence-corrected chi connectivity index (χ4v) is 2.68. The Kier molecular flexibility index (Phi) is 9.53. The van der Waals surface area contributed by atoms with Crippen LogP contribution in [0.3, 0.4) is 0 Å². The number of carbonyl (C=O) groups is 4. The maximum Gasteiger partial charge on any atom is 0.408 e. The standard InChI is InChI=1S/C18H29N5O5S/c1-11(22-15(26)12(2)23-17(27)28-18(3,4)5)14(25)19-7-6-8-20-16-21-9-13(10-24)29-16/h9-12H,6-8H2,1-5H3,(H,19,25)(H,20,21)(H,22,26)(H,23,27). The highest BCUT2D eigenvalue weighted by molar-refractivity contribution is 7.17. The molecular formula is C18H29N5O5S. The topological polar surface area (TPSA) is 139 Å². The van der Waals surface area contributed by atoms with Gasteiger partial charge in [0.05, 0.1) is 11.1 Å². The van der Waals surface area contributed by atoms with Crippen molar-refractivity contribution in [2.24, 2.45) is 0 Å². The van der Waals surface area contributed by atoms with Crippen LogP contribution in [0.4, 0.5) is 9.93 Å². The average molecular weight is 428 g/mol. The molecule has 29 heavy (non-hydrogen) atoms. The molecule has 0 bridgehead atoms. The fraction of sp³-hybridized carbons (Fsp3) is 0.611. The number of thiazole rings is 1. The molecule has 0 aliphatic carbocycles. The van der Waals surface area contributed by atoms with Crippen LogP contribution in [0.1, 0.15) is 50.7 Å². The molecule has 10 nitrogen and oxygen atoms in total. The van der Waals surface area contributed by atoms with Gasteiger partial charge >= 0.3 is 6.09 Å². The zero-order chi connectivity index (χ0) is 22.0. The fourth-order valence-electron chi connectivity index (χ4n) is 2.03. The number of amides is 3. The number of anilines is 1. The molecule has 162 valence electrons. The molecule has 0 spiro atoms. The number of hydrogen-bond donors (Lipinski definition) is 4. The molecule has 2 atom stereocenters. The lowest BCUT2D eigenvalue weighted by molar-refractivity contribution is -0.129. The lowest BCUT2D eigenvalue weighted by Crippen LogP contribution is -2.52. The van der Waals surface area contributed by atoms with Crippen molar-refractivity contribution in [2.45, 2.75) is 58.7 Å². The molecule has 4 N–H and O–H groups in total. The van der Waals surface area contributed by atoms with Gasteiger partial charge in [0, 0.05) is 13.1 Å². The SMILES string of the molecule is CC(NC(=O)OC(C)(C)C)C(=O)NC(C)C(=O)NCCCNc1ncc(C=O)s1. The van der Waals surface area contributed by atoms with E-state index in [4.69, 9.17) is 4.74 Å². The molecule has 0 aliphatic heterocycles. The molecule has 2 unspecified atom stereocenters. The molecule has 1 aromatic rings. The summed E-state index contributed by atoms with van der Waals surface area (Å²) in [7, 11) is 0. The maximum absolute atomic E-state index is 12.1. The molecule has 0 radical (unpaired) electrons. The number of nitrogens with one attached hydrogen (secondary N) is 4. The summed E-state index contributed by atoms with van der Waals surface area (Å²) in [5.74, 6) is -0.824. The number of aromatic nitrogens is 1. The molecule has 1 heterocycles. The van der Waals surface area contributed by atoms with Gasteiger partial charge in [-0.2, -0.15) is 0 Å². The second-order valence-electron chi connectivity index (χ2n) is 7.36. The Morgan fingerprint density at radius 1 is 1.14 bits per heavy atom. The second-order valence-corrected chi connectivity index (χ2v) is 8.42. The molecule has 0 saturated carbocycles. The van der Waals surface area contributed by atoms with E-state index in [0.717, 1.165) is 6.29 Å². The minimum Gasteiger partial charge on any atom is -0.444 e. The first-order chi connectivity index (χ1) is 13.5. The number of carbonyl (C=O) groups excluding carboxylic acids is 4. The third-order valence-corrected chi connectivity index (χ3v) is 4.33. The second kappa shape index (κ2) is 11.3. The summed E-state index contributed by atoms with van der Waals surface area (Å²) in [6.45, 7) is 9.20. The summed E-state index contributed by atoms with van der Waals surface area (Å²) in [4.78, 5) is 51.1. The Bertz CT molecular complexity index is 716. The highest BCUT2D eigenvalue weighted by atomic mass is 32.1. The number of rotatable bonds is 10. The third kappa shape index (κ3) is 9.88. The van der Waals surface area contributed by atoms with Gasteiger partial charge in [0.25, 0.3) is 0 Å². The first-order valence-electron chi connectivity index (χ1n) is 9.24. The van der Waals surface area contributed by atoms with Crippen molar-refractivity contribution in [3.8, 4) is 0 Å². The van der Waals surface area contributed by atoms with E-state index < -0.39 is 29.7 Å². The lowest BCUT2D eigenvalue weighted by Gasteiger charge is -2.22. The quantitative estimate of drug-likeness (QED) is 0.326. The van der Waals surface area contributed by atoms with E-state index in [1.807, 2.05) is 0 Å². The van der Waals surface area contributed by atoms with Crippen LogP contribution >= 0.6 is 11.3 Å². The van der Waals surface area contributed by atoms with Crippen LogP contribution in [-0.2, 0) is 14.3 Å². The van der Waals surface area contributed by atoms with Crippen molar-refractivity contribution in [1.82, 2.24) is 20.9 Å². The molecule has 0 saturated heterocycles. The highest BCUT2D eigenvalue weighted by Crippen LogP contribution is 2.15. The van der Waals surface area contributed by atoms with Gasteiger partial charge in [-0.05, 0) is 41.0 Å². The number of ether oxygens (including phenoxy) is 1. The third-order valence-electron chi connectivity index (χ3n) is 3.45. The summed E-state index contributed by atoms with van der Waals surface area (Å²) in [5.41, 5.74) is -0.668. The molecule has 1 aromatic heterocycles. The molecular weight excluding hydrogens is 398 g/mol. The molecule has 0 aromatic carbocycles. The number of hydrogen-bond acceptors (Lipinski definition) is 8. The van der Waals surface area contributed by atoms with Gasteiger partial charge < -0.3 is 26.0 Å². The van der Waals surface area contributed by atoms with Crippen LogP contribution < -0.4 is 21.3 Å². The minimum atomic E-state index is -0.848. The lowest BCUT2D eigenvalue weighted by atomic mass is 10.2. The average Bonchev–Trinajstić information content (AvgIpc) is 3.07. The van der Waals surface area contributed by atoms with E-state index in [2.05, 4.69) is 26.3 Å². The minimum absolute atomic E-state index is 0.333. The number of aldehydes is 1. The highest BCUT2D eigenvalue weighted by Gasteiger charge is 2.23. The van der Waals surface area contributed by atoms with Crippen LogP contribution in [0, 0.1) is 0 Å². The Morgan fingerprint density at radius 3 is 2.38 bits per heavy atom. The smallest absolute Gasteiger partial charge is 0.408 e. The van der Waals surface area contributed by atoms with Gasteiger partial charge in [-0.25, -0.2) is 9.78 Å². The van der Waals surface area contributed by atoms with Crippen LogP contribution in [0.15, 0.2) is 6.20 Å². The van der Waals surface area contributed by atoms with Crippen LogP contribution in [0.5, 0.6) is 0 Å². The van der Waals surface area contributed by atoms with Gasteiger partial charge in [0.15, 0.2) is 11.4 Å². The molecule has 0 fully saturated rings. The van der Waals surface area contributed by atoms with E-state index in [0.29, 0.717) is 29.5 Å². The Morgan fingerprint density at radius 2 is 1.79 bits per heavy atom. The van der Waals surface area contributed by atoms with Gasteiger partial charge in [-0.15, -0.1) is 0 Å². The first kappa shape index (κ1) is 24.3.